The highest BCUT2D eigenvalue weighted by Crippen LogP contribution is 2.15. The van der Waals surface area contributed by atoms with Gasteiger partial charge in [0.1, 0.15) is 5.78 Å². The Bertz CT molecular complexity index is 375. The fourth-order valence-corrected chi connectivity index (χ4v) is 2.42. The van der Waals surface area contributed by atoms with Crippen LogP contribution in [-0.2, 0) is 4.79 Å². The lowest BCUT2D eigenvalue weighted by atomic mass is 10.2. The van der Waals surface area contributed by atoms with Crippen LogP contribution in [0, 0.1) is 0 Å². The minimum atomic E-state index is 0. The van der Waals surface area contributed by atoms with Gasteiger partial charge in [-0.05, 0) is 32.0 Å². The second kappa shape index (κ2) is 8.18. The number of nitrogens with zero attached hydrogens (tertiary/aromatic N) is 2. The number of benzene rings is 1. The summed E-state index contributed by atoms with van der Waals surface area (Å²) in [6.07, 6.45) is 1.72. The van der Waals surface area contributed by atoms with E-state index in [-0.39, 0.29) is 12.4 Å². The topological polar surface area (TPSA) is 23.6 Å². The van der Waals surface area contributed by atoms with Gasteiger partial charge in [0.25, 0.3) is 0 Å². The molecule has 0 amide bonds. The molecule has 1 aromatic carbocycles. The zero-order valence-electron chi connectivity index (χ0n) is 11.5. The molecule has 1 heterocycles. The number of carbonyl (C=O) groups is 1. The van der Waals surface area contributed by atoms with Crippen molar-refractivity contribution in [3.63, 3.8) is 0 Å². The molecule has 4 heteroatoms. The molecule has 1 fully saturated rings. The van der Waals surface area contributed by atoms with Crippen LogP contribution in [0.4, 0.5) is 5.69 Å². The Morgan fingerprint density at radius 1 is 1.11 bits per heavy atom. The van der Waals surface area contributed by atoms with Gasteiger partial charge in [-0.15, -0.1) is 12.4 Å². The van der Waals surface area contributed by atoms with E-state index in [2.05, 4.69) is 40.1 Å². The maximum Gasteiger partial charge on any atom is 0.129 e. The molecule has 1 saturated heterocycles. The van der Waals surface area contributed by atoms with Crippen LogP contribution in [0.15, 0.2) is 30.3 Å². The van der Waals surface area contributed by atoms with E-state index >= 15 is 0 Å². The summed E-state index contributed by atoms with van der Waals surface area (Å²) in [5.74, 6) is 0.304. The maximum absolute atomic E-state index is 10.9. The summed E-state index contributed by atoms with van der Waals surface area (Å²) in [7, 11) is 0. The minimum Gasteiger partial charge on any atom is -0.369 e. The quantitative estimate of drug-likeness (QED) is 0.829. The molecule has 3 nitrogen and oxygen atoms in total. The standard InChI is InChI=1S/C15H22N2O.ClH/c1-14(18)6-5-9-16-10-12-17(13-11-16)15-7-3-2-4-8-15;/h2-4,7-8H,5-6,9-13H2,1H3;1H. The molecule has 0 atom stereocenters. The van der Waals surface area contributed by atoms with Crippen molar-refractivity contribution in [1.82, 2.24) is 4.90 Å². The zero-order chi connectivity index (χ0) is 12.8. The summed E-state index contributed by atoms with van der Waals surface area (Å²) >= 11 is 0. The molecule has 1 aromatic rings. The van der Waals surface area contributed by atoms with Crippen LogP contribution in [0.1, 0.15) is 19.8 Å². The van der Waals surface area contributed by atoms with Gasteiger partial charge in [0.05, 0.1) is 0 Å². The highest BCUT2D eigenvalue weighted by Gasteiger charge is 2.16. The molecule has 0 radical (unpaired) electrons. The zero-order valence-corrected chi connectivity index (χ0v) is 12.4. The largest absolute Gasteiger partial charge is 0.369 e. The third kappa shape index (κ3) is 5.21. The SMILES string of the molecule is CC(=O)CCCN1CCN(c2ccccc2)CC1.Cl. The van der Waals surface area contributed by atoms with E-state index in [9.17, 15) is 4.79 Å². The summed E-state index contributed by atoms with van der Waals surface area (Å²) in [6, 6.07) is 10.6. The van der Waals surface area contributed by atoms with Gasteiger partial charge in [0, 0.05) is 38.3 Å². The van der Waals surface area contributed by atoms with E-state index in [0.717, 1.165) is 45.6 Å². The van der Waals surface area contributed by atoms with Crippen molar-refractivity contribution in [3.05, 3.63) is 30.3 Å². The maximum atomic E-state index is 10.9. The van der Waals surface area contributed by atoms with E-state index in [4.69, 9.17) is 0 Å². The van der Waals surface area contributed by atoms with Crippen LogP contribution in [0.25, 0.3) is 0 Å². The molecule has 106 valence electrons. The fourth-order valence-electron chi connectivity index (χ4n) is 2.42. The summed E-state index contributed by atoms with van der Waals surface area (Å²) in [5, 5.41) is 0. The molecule has 1 aliphatic rings. The van der Waals surface area contributed by atoms with Crippen LogP contribution in [0.2, 0.25) is 0 Å². The summed E-state index contributed by atoms with van der Waals surface area (Å²) in [5.41, 5.74) is 1.32. The van der Waals surface area contributed by atoms with Gasteiger partial charge in [-0.1, -0.05) is 18.2 Å². The monoisotopic (exact) mass is 282 g/mol. The lowest BCUT2D eigenvalue weighted by molar-refractivity contribution is -0.117. The number of halogens is 1. The first-order valence-corrected chi connectivity index (χ1v) is 6.77. The molecule has 0 spiro atoms. The van der Waals surface area contributed by atoms with Crippen molar-refractivity contribution in [2.45, 2.75) is 19.8 Å². The average Bonchev–Trinajstić information content (AvgIpc) is 2.40. The predicted octanol–water partition coefficient (Wildman–Crippen LogP) is 2.60. The van der Waals surface area contributed by atoms with Crippen LogP contribution < -0.4 is 4.90 Å². The lowest BCUT2D eigenvalue weighted by Gasteiger charge is -2.36. The number of hydrogen-bond acceptors (Lipinski definition) is 3. The minimum absolute atomic E-state index is 0. The van der Waals surface area contributed by atoms with E-state index in [1.165, 1.54) is 5.69 Å². The smallest absolute Gasteiger partial charge is 0.129 e. The first kappa shape index (κ1) is 16.0. The van der Waals surface area contributed by atoms with Crippen molar-refractivity contribution in [1.29, 1.82) is 0 Å². The van der Waals surface area contributed by atoms with E-state index in [1.807, 2.05) is 0 Å². The van der Waals surface area contributed by atoms with Gasteiger partial charge in [-0.2, -0.15) is 0 Å². The Hall–Kier alpha value is -1.06. The number of para-hydroxylation sites is 1. The number of ketones is 1. The van der Waals surface area contributed by atoms with E-state index < -0.39 is 0 Å². The molecule has 0 aromatic heterocycles. The van der Waals surface area contributed by atoms with E-state index in [0.29, 0.717) is 5.78 Å². The molecular formula is C15H23ClN2O. The van der Waals surface area contributed by atoms with Crippen molar-refractivity contribution in [3.8, 4) is 0 Å². The third-order valence-corrected chi connectivity index (χ3v) is 3.50. The summed E-state index contributed by atoms with van der Waals surface area (Å²) in [6.45, 7) is 7.11. The first-order chi connectivity index (χ1) is 8.75. The summed E-state index contributed by atoms with van der Waals surface area (Å²) in [4.78, 5) is 15.8. The second-order valence-electron chi connectivity index (χ2n) is 4.97. The Morgan fingerprint density at radius 2 is 1.74 bits per heavy atom. The van der Waals surface area contributed by atoms with Crippen molar-refractivity contribution < 1.29 is 4.79 Å². The van der Waals surface area contributed by atoms with Gasteiger partial charge in [0.2, 0.25) is 0 Å². The molecule has 19 heavy (non-hydrogen) atoms. The number of rotatable bonds is 5. The number of piperazine rings is 1. The molecular weight excluding hydrogens is 260 g/mol. The lowest BCUT2D eigenvalue weighted by Crippen LogP contribution is -2.46. The summed E-state index contributed by atoms with van der Waals surface area (Å²) < 4.78 is 0. The second-order valence-corrected chi connectivity index (χ2v) is 4.97. The third-order valence-electron chi connectivity index (χ3n) is 3.50. The van der Waals surface area contributed by atoms with Gasteiger partial charge < -0.3 is 9.69 Å². The van der Waals surface area contributed by atoms with Crippen LogP contribution in [-0.4, -0.2) is 43.4 Å². The normalized spacial score (nSPS) is 15.9. The van der Waals surface area contributed by atoms with Crippen molar-refractivity contribution >= 4 is 23.9 Å². The highest BCUT2D eigenvalue weighted by atomic mass is 35.5. The van der Waals surface area contributed by atoms with Crippen LogP contribution in [0.5, 0.6) is 0 Å². The number of carbonyl (C=O) groups excluding carboxylic acids is 1. The Morgan fingerprint density at radius 3 is 2.32 bits per heavy atom. The molecule has 0 unspecified atom stereocenters. The van der Waals surface area contributed by atoms with Crippen LogP contribution in [0.3, 0.4) is 0 Å². The van der Waals surface area contributed by atoms with Crippen molar-refractivity contribution in [2.75, 3.05) is 37.6 Å². The molecule has 0 saturated carbocycles. The fraction of sp³-hybridized carbons (Fsp3) is 0.533. The Kier molecular flexibility index (Phi) is 6.89. The first-order valence-electron chi connectivity index (χ1n) is 6.77. The van der Waals surface area contributed by atoms with Gasteiger partial charge in [-0.25, -0.2) is 0 Å². The predicted molar refractivity (Wildman–Crippen MR) is 82.3 cm³/mol. The molecule has 0 N–H and O–H groups in total. The molecule has 1 aliphatic heterocycles. The highest BCUT2D eigenvalue weighted by molar-refractivity contribution is 5.85. The molecule has 0 bridgehead atoms. The van der Waals surface area contributed by atoms with Gasteiger partial charge in [0.15, 0.2) is 0 Å². The van der Waals surface area contributed by atoms with E-state index in [1.54, 1.807) is 6.92 Å². The van der Waals surface area contributed by atoms with Crippen molar-refractivity contribution in [2.24, 2.45) is 0 Å². The Labute approximate surface area is 122 Å². The van der Waals surface area contributed by atoms with Crippen LogP contribution >= 0.6 is 12.4 Å². The number of anilines is 1. The average molecular weight is 283 g/mol. The van der Waals surface area contributed by atoms with Gasteiger partial charge in [-0.3, -0.25) is 4.90 Å². The van der Waals surface area contributed by atoms with Gasteiger partial charge >= 0.3 is 0 Å². The Balaban J connectivity index is 0.00000180. The molecule has 0 aliphatic carbocycles. The number of Topliss-reactive ketones (excluding diaryl/α,β-unsaturated/α-hetero) is 1. The molecule has 2 rings (SSSR count). The number of hydrogen-bond donors (Lipinski definition) is 0.